The van der Waals surface area contributed by atoms with Crippen LogP contribution < -0.4 is 0 Å². The highest BCUT2D eigenvalue weighted by molar-refractivity contribution is 7.47. The molecule has 0 saturated heterocycles. The molecule has 374 valence electrons. The van der Waals surface area contributed by atoms with Gasteiger partial charge in [0, 0.05) is 12.8 Å². The molecule has 0 heterocycles. The first kappa shape index (κ1) is 60.5. The number of phosphoric acid groups is 1. The van der Waals surface area contributed by atoms with Gasteiger partial charge >= 0.3 is 19.8 Å². The molecule has 0 aromatic rings. The second-order valence-corrected chi connectivity index (χ2v) is 17.5. The predicted octanol–water partition coefficient (Wildman–Crippen LogP) is 8.58. The molecule has 14 nitrogen and oxygen atoms in total. The monoisotopic (exact) mass is 949 g/mol. The molecule has 7 N–H and O–H groups in total. The van der Waals surface area contributed by atoms with Crippen molar-refractivity contribution < 1.29 is 68.2 Å². The molecule has 0 amide bonds. The zero-order valence-corrected chi connectivity index (χ0v) is 40.2. The molecule has 15 heteroatoms. The van der Waals surface area contributed by atoms with E-state index in [0.717, 1.165) is 44.9 Å². The first-order valence-corrected chi connectivity index (χ1v) is 25.3. The summed E-state index contributed by atoms with van der Waals surface area (Å²) in [6.45, 7) is 2.97. The first-order chi connectivity index (χ1) is 31.8. The lowest BCUT2D eigenvalue weighted by molar-refractivity contribution is -0.220. The van der Waals surface area contributed by atoms with Crippen LogP contribution in [0.5, 0.6) is 0 Å². The van der Waals surface area contributed by atoms with Crippen LogP contribution in [0.1, 0.15) is 136 Å². The van der Waals surface area contributed by atoms with Crippen molar-refractivity contribution >= 4 is 19.8 Å². The third-order valence-corrected chi connectivity index (χ3v) is 11.2. The number of allylic oxidation sites excluding steroid dienone is 16. The van der Waals surface area contributed by atoms with E-state index in [-0.39, 0.29) is 19.3 Å². The summed E-state index contributed by atoms with van der Waals surface area (Å²) in [5, 5.41) is 60.4. The van der Waals surface area contributed by atoms with Crippen LogP contribution in [0.15, 0.2) is 109 Å². The topological polar surface area (TPSA) is 230 Å². The number of aliphatic hydroxyl groups is 6. The van der Waals surface area contributed by atoms with Crippen molar-refractivity contribution in [3.8, 4) is 0 Å². The molecule has 0 radical (unpaired) electrons. The third kappa shape index (κ3) is 31.4. The molecule has 1 aliphatic carbocycles. The number of carbonyl (C=O) groups is 2. The Morgan fingerprint density at radius 3 is 1.68 bits per heavy atom. The maximum atomic E-state index is 12.8. The van der Waals surface area contributed by atoms with Gasteiger partial charge in [-0.1, -0.05) is 155 Å². The highest BCUT2D eigenvalue weighted by atomic mass is 31.2. The molecule has 0 aromatic carbocycles. The van der Waals surface area contributed by atoms with Gasteiger partial charge in [0.05, 0.1) is 12.7 Å². The van der Waals surface area contributed by atoms with E-state index < -0.39 is 81.8 Å². The molecule has 1 rings (SSSR count). The van der Waals surface area contributed by atoms with E-state index in [1.807, 2.05) is 24.3 Å². The summed E-state index contributed by atoms with van der Waals surface area (Å²) >= 11 is 0. The Morgan fingerprint density at radius 1 is 0.561 bits per heavy atom. The quantitative estimate of drug-likeness (QED) is 0.0102. The smallest absolute Gasteiger partial charge is 0.462 e. The summed E-state index contributed by atoms with van der Waals surface area (Å²) < 4.78 is 33.3. The molecule has 4 unspecified atom stereocenters. The Hall–Kier alpha value is -3.53. The Bertz CT molecular complexity index is 1580. The van der Waals surface area contributed by atoms with E-state index in [0.29, 0.717) is 19.3 Å². The normalized spacial score (nSPS) is 22.7. The number of ether oxygens (including phenoxy) is 2. The molecule has 0 aromatic heterocycles. The van der Waals surface area contributed by atoms with Crippen LogP contribution in [0.4, 0.5) is 0 Å². The van der Waals surface area contributed by atoms with E-state index in [4.69, 9.17) is 18.5 Å². The van der Waals surface area contributed by atoms with E-state index in [2.05, 4.69) is 74.6 Å². The van der Waals surface area contributed by atoms with Gasteiger partial charge in [-0.15, -0.1) is 0 Å². The first-order valence-electron chi connectivity index (χ1n) is 23.8. The van der Waals surface area contributed by atoms with Crippen LogP contribution >= 0.6 is 7.82 Å². The number of hydrogen-bond acceptors (Lipinski definition) is 13. The minimum atomic E-state index is -5.19. The van der Waals surface area contributed by atoms with Gasteiger partial charge in [-0.05, 0) is 77.0 Å². The maximum Gasteiger partial charge on any atom is 0.472 e. The molecule has 0 bridgehead atoms. The Kier molecular flexibility index (Phi) is 36.2. The maximum absolute atomic E-state index is 12.8. The SMILES string of the molecule is CC/C=C\C/C=C\C/C=C\C/C=C\C=C/C(O)C/C=C\CCC(=O)O[C@H](COC(=O)CCC/C=C\C/C=C\C/C=C\CCCCCCCC)COP(=O)(O)OC1[C@H](O)[C@H](O)C(O)[C@H](O)[C@H]1O. The summed E-state index contributed by atoms with van der Waals surface area (Å²) in [5.41, 5.74) is 0. The van der Waals surface area contributed by atoms with Crippen molar-refractivity contribution in [1.29, 1.82) is 0 Å². The minimum absolute atomic E-state index is 0.0515. The molecular formula is C51H81O14P. The van der Waals surface area contributed by atoms with Gasteiger partial charge in [-0.2, -0.15) is 0 Å². The molecule has 66 heavy (non-hydrogen) atoms. The van der Waals surface area contributed by atoms with Crippen LogP contribution in [0, 0.1) is 0 Å². The highest BCUT2D eigenvalue weighted by Crippen LogP contribution is 2.47. The van der Waals surface area contributed by atoms with Crippen LogP contribution in [-0.4, -0.2) is 110 Å². The second-order valence-electron chi connectivity index (χ2n) is 16.1. The van der Waals surface area contributed by atoms with Crippen molar-refractivity contribution in [3.63, 3.8) is 0 Å². The Labute approximate surface area is 394 Å². The van der Waals surface area contributed by atoms with Crippen LogP contribution in [0.2, 0.25) is 0 Å². The van der Waals surface area contributed by atoms with Gasteiger partial charge in [-0.25, -0.2) is 4.57 Å². The van der Waals surface area contributed by atoms with Gasteiger partial charge in [0.25, 0.3) is 0 Å². The lowest BCUT2D eigenvalue weighted by Gasteiger charge is -2.41. The zero-order valence-electron chi connectivity index (χ0n) is 39.3. The van der Waals surface area contributed by atoms with E-state index in [9.17, 15) is 49.7 Å². The van der Waals surface area contributed by atoms with Crippen molar-refractivity contribution in [3.05, 3.63) is 109 Å². The average Bonchev–Trinajstić information content (AvgIpc) is 3.29. The largest absolute Gasteiger partial charge is 0.472 e. The van der Waals surface area contributed by atoms with Gasteiger partial charge in [0.15, 0.2) is 6.10 Å². The lowest BCUT2D eigenvalue weighted by Crippen LogP contribution is -2.64. The second kappa shape index (κ2) is 39.5. The molecule has 0 spiro atoms. The molecule has 1 fully saturated rings. The molecular weight excluding hydrogens is 868 g/mol. The van der Waals surface area contributed by atoms with Gasteiger partial charge in [-0.3, -0.25) is 18.6 Å². The van der Waals surface area contributed by atoms with Crippen LogP contribution in [0.3, 0.4) is 0 Å². The van der Waals surface area contributed by atoms with Crippen molar-refractivity contribution in [2.45, 2.75) is 185 Å². The number of carbonyl (C=O) groups excluding carboxylic acids is 2. The van der Waals surface area contributed by atoms with Gasteiger partial charge in [0.1, 0.15) is 43.2 Å². The van der Waals surface area contributed by atoms with Crippen molar-refractivity contribution in [2.24, 2.45) is 0 Å². The number of aliphatic hydroxyl groups excluding tert-OH is 6. The predicted molar refractivity (Wildman–Crippen MR) is 259 cm³/mol. The standard InChI is InChI=1S/C51H81O14P/c1-3-5-7-9-11-13-15-17-18-19-20-22-24-26-28-30-34-38-44(53)62-40-43(41-63-66(60,61)65-51-49(58)47(56)46(55)48(57)50(51)59)64-45(54)39-35-31-33-37-42(52)36-32-29-27-25-23-21-16-14-12-10-8-6-4-2/h6,8,12,14,17-18,20-23,26-29,31-33,36,42-43,46-52,55-59H,3-5,7,9-11,13,15-16,19,24-25,30,34-35,37-41H2,1-2H3,(H,60,61)/b8-6-,14-12-,18-17-,22-20-,23-21-,28-26-,29-27-,33-31-,36-32-/t42?,43-,46?,47-,48+,49-,50-,51?/m1/s1. The lowest BCUT2D eigenvalue weighted by atomic mass is 9.85. The number of rotatable bonds is 37. The third-order valence-electron chi connectivity index (χ3n) is 10.2. The van der Waals surface area contributed by atoms with E-state index in [1.54, 1.807) is 24.3 Å². The van der Waals surface area contributed by atoms with Crippen LogP contribution in [-0.2, 0) is 32.7 Å². The fraction of sp³-hybridized carbons (Fsp3) is 0.608. The highest BCUT2D eigenvalue weighted by Gasteiger charge is 2.51. The fourth-order valence-corrected chi connectivity index (χ4v) is 7.33. The number of phosphoric ester groups is 1. The zero-order chi connectivity index (χ0) is 48.7. The number of hydrogen-bond donors (Lipinski definition) is 7. The molecule has 1 saturated carbocycles. The van der Waals surface area contributed by atoms with Crippen molar-refractivity contribution in [2.75, 3.05) is 13.2 Å². The number of unbranched alkanes of at least 4 members (excludes halogenated alkanes) is 7. The Balaban J connectivity index is 2.60. The summed E-state index contributed by atoms with van der Waals surface area (Å²) in [6, 6.07) is 0. The number of esters is 2. The van der Waals surface area contributed by atoms with Gasteiger partial charge in [0.2, 0.25) is 0 Å². The molecule has 9 atom stereocenters. The van der Waals surface area contributed by atoms with Gasteiger partial charge < -0.3 is 45.0 Å². The summed E-state index contributed by atoms with van der Waals surface area (Å²) in [4.78, 5) is 35.7. The summed E-state index contributed by atoms with van der Waals surface area (Å²) in [5.74, 6) is -1.35. The van der Waals surface area contributed by atoms with E-state index in [1.165, 1.54) is 38.5 Å². The minimum Gasteiger partial charge on any atom is -0.462 e. The molecule has 0 aliphatic heterocycles. The van der Waals surface area contributed by atoms with Crippen LogP contribution in [0.25, 0.3) is 0 Å². The van der Waals surface area contributed by atoms with E-state index >= 15 is 0 Å². The summed E-state index contributed by atoms with van der Waals surface area (Å²) in [6.07, 6.45) is 37.4. The van der Waals surface area contributed by atoms with Crippen molar-refractivity contribution in [1.82, 2.24) is 0 Å². The average molecular weight is 949 g/mol. The molecule has 1 aliphatic rings. The summed E-state index contributed by atoms with van der Waals surface area (Å²) in [7, 11) is -5.19. The Morgan fingerprint density at radius 2 is 1.08 bits per heavy atom. The fourth-order valence-electron chi connectivity index (χ4n) is 6.35.